The summed E-state index contributed by atoms with van der Waals surface area (Å²) in [6, 6.07) is 8.92. The van der Waals surface area contributed by atoms with E-state index in [9.17, 15) is 0 Å². The normalized spacial score (nSPS) is 10.4. The van der Waals surface area contributed by atoms with Crippen LogP contribution in [0.15, 0.2) is 24.3 Å². The van der Waals surface area contributed by atoms with Crippen molar-refractivity contribution in [3.63, 3.8) is 0 Å². The summed E-state index contributed by atoms with van der Waals surface area (Å²) in [4.78, 5) is 4.67. The van der Waals surface area contributed by atoms with Crippen LogP contribution in [0, 0.1) is 0 Å². The summed E-state index contributed by atoms with van der Waals surface area (Å²) in [6.07, 6.45) is 5.02. The summed E-state index contributed by atoms with van der Waals surface area (Å²) in [6.45, 7) is 6.75. The number of benzene rings is 1. The lowest BCUT2D eigenvalue weighted by Gasteiger charge is -2.22. The highest BCUT2D eigenvalue weighted by atomic mass is 15.1. The lowest BCUT2D eigenvalue weighted by molar-refractivity contribution is 0.763. The molecule has 0 spiro atoms. The lowest BCUT2D eigenvalue weighted by Crippen LogP contribution is -2.20. The third-order valence-electron chi connectivity index (χ3n) is 3.43. The molecule has 2 nitrogen and oxygen atoms in total. The van der Waals surface area contributed by atoms with Crippen molar-refractivity contribution in [3.05, 3.63) is 24.3 Å². The Morgan fingerprint density at radius 3 is 1.33 bits per heavy atom. The minimum absolute atomic E-state index is 1.14. The third kappa shape index (κ3) is 4.59. The van der Waals surface area contributed by atoms with Crippen LogP contribution in [0.3, 0.4) is 0 Å². The van der Waals surface area contributed by atoms with E-state index in [-0.39, 0.29) is 0 Å². The quantitative estimate of drug-likeness (QED) is 0.681. The Balaban J connectivity index is 2.56. The summed E-state index contributed by atoms with van der Waals surface area (Å²) in [5.41, 5.74) is 2.63. The van der Waals surface area contributed by atoms with Gasteiger partial charge in [-0.1, -0.05) is 26.7 Å². The van der Waals surface area contributed by atoms with Gasteiger partial charge in [0.2, 0.25) is 0 Å². The first-order valence-corrected chi connectivity index (χ1v) is 7.21. The average molecular weight is 248 g/mol. The van der Waals surface area contributed by atoms with Gasteiger partial charge in [0, 0.05) is 38.6 Å². The van der Waals surface area contributed by atoms with Crippen LogP contribution in [-0.2, 0) is 0 Å². The lowest BCUT2D eigenvalue weighted by atomic mass is 10.2. The summed E-state index contributed by atoms with van der Waals surface area (Å²) in [7, 11) is 4.34. The molecule has 0 bridgehead atoms. The zero-order valence-corrected chi connectivity index (χ0v) is 12.4. The molecular weight excluding hydrogens is 220 g/mol. The minimum Gasteiger partial charge on any atom is -0.375 e. The number of hydrogen-bond acceptors (Lipinski definition) is 2. The van der Waals surface area contributed by atoms with Crippen LogP contribution in [0.25, 0.3) is 0 Å². The Labute approximate surface area is 113 Å². The predicted molar refractivity (Wildman–Crippen MR) is 82.8 cm³/mol. The number of nitrogens with zero attached hydrogens (tertiary/aromatic N) is 2. The van der Waals surface area contributed by atoms with Crippen molar-refractivity contribution in [2.45, 2.75) is 39.5 Å². The van der Waals surface area contributed by atoms with Gasteiger partial charge in [-0.05, 0) is 37.1 Å². The van der Waals surface area contributed by atoms with Crippen LogP contribution in [0.1, 0.15) is 39.5 Å². The van der Waals surface area contributed by atoms with Gasteiger partial charge < -0.3 is 9.80 Å². The van der Waals surface area contributed by atoms with Crippen molar-refractivity contribution in [1.29, 1.82) is 0 Å². The Morgan fingerprint density at radius 2 is 1.06 bits per heavy atom. The van der Waals surface area contributed by atoms with E-state index in [4.69, 9.17) is 0 Å². The second-order valence-electron chi connectivity index (χ2n) is 5.07. The van der Waals surface area contributed by atoms with Crippen molar-refractivity contribution in [1.82, 2.24) is 0 Å². The molecule has 0 aliphatic rings. The fraction of sp³-hybridized carbons (Fsp3) is 0.625. The molecule has 0 saturated heterocycles. The fourth-order valence-electron chi connectivity index (χ4n) is 2.01. The van der Waals surface area contributed by atoms with Crippen LogP contribution < -0.4 is 9.80 Å². The molecule has 0 amide bonds. The predicted octanol–water partition coefficient (Wildman–Crippen LogP) is 4.16. The summed E-state index contributed by atoms with van der Waals surface area (Å²) in [5, 5.41) is 0. The first-order valence-electron chi connectivity index (χ1n) is 7.21. The Hall–Kier alpha value is -1.18. The van der Waals surface area contributed by atoms with Crippen LogP contribution in [0.2, 0.25) is 0 Å². The Kier molecular flexibility index (Phi) is 6.63. The molecule has 0 heterocycles. The molecule has 18 heavy (non-hydrogen) atoms. The van der Waals surface area contributed by atoms with Crippen LogP contribution >= 0.6 is 0 Å². The van der Waals surface area contributed by atoms with Crippen molar-refractivity contribution < 1.29 is 0 Å². The van der Waals surface area contributed by atoms with Crippen molar-refractivity contribution in [2.75, 3.05) is 37.0 Å². The van der Waals surface area contributed by atoms with Crippen LogP contribution in [0.5, 0.6) is 0 Å². The third-order valence-corrected chi connectivity index (χ3v) is 3.43. The summed E-state index contributed by atoms with van der Waals surface area (Å²) in [5.74, 6) is 0. The SMILES string of the molecule is CCCCN(C)c1ccc(N(C)CCCC)cc1. The molecular formula is C16H28N2. The van der Waals surface area contributed by atoms with Crippen molar-refractivity contribution in [3.8, 4) is 0 Å². The molecule has 0 aliphatic heterocycles. The Morgan fingerprint density at radius 1 is 0.722 bits per heavy atom. The van der Waals surface area contributed by atoms with Gasteiger partial charge in [-0.2, -0.15) is 0 Å². The molecule has 0 aromatic heterocycles. The van der Waals surface area contributed by atoms with Crippen LogP contribution in [-0.4, -0.2) is 27.2 Å². The molecule has 0 fully saturated rings. The zero-order chi connectivity index (χ0) is 13.4. The van der Waals surface area contributed by atoms with E-state index < -0.39 is 0 Å². The van der Waals surface area contributed by atoms with E-state index in [0.29, 0.717) is 0 Å². The van der Waals surface area contributed by atoms with Crippen molar-refractivity contribution >= 4 is 11.4 Å². The number of anilines is 2. The molecule has 1 aromatic rings. The van der Waals surface area contributed by atoms with E-state index in [2.05, 4.69) is 62.0 Å². The van der Waals surface area contributed by atoms with E-state index in [1.807, 2.05) is 0 Å². The molecule has 0 N–H and O–H groups in total. The van der Waals surface area contributed by atoms with E-state index >= 15 is 0 Å². The standard InChI is InChI=1S/C16H28N2/c1-5-7-13-17(3)15-9-11-16(12-10-15)18(4)14-8-6-2/h9-12H,5-8,13-14H2,1-4H3. The largest absolute Gasteiger partial charge is 0.375 e. The molecule has 102 valence electrons. The van der Waals surface area contributed by atoms with E-state index in [1.165, 1.54) is 37.1 Å². The smallest absolute Gasteiger partial charge is 0.0365 e. The number of rotatable bonds is 8. The average Bonchev–Trinajstić information content (AvgIpc) is 2.42. The molecule has 1 aromatic carbocycles. The molecule has 1 rings (SSSR count). The van der Waals surface area contributed by atoms with E-state index in [0.717, 1.165) is 13.1 Å². The maximum atomic E-state index is 2.33. The highest BCUT2D eigenvalue weighted by Crippen LogP contribution is 2.19. The van der Waals surface area contributed by atoms with Gasteiger partial charge in [0.1, 0.15) is 0 Å². The monoisotopic (exact) mass is 248 g/mol. The number of hydrogen-bond donors (Lipinski definition) is 0. The summed E-state index contributed by atoms with van der Waals surface area (Å²) < 4.78 is 0. The second kappa shape index (κ2) is 8.02. The Bertz CT molecular complexity index is 285. The minimum atomic E-state index is 1.14. The maximum Gasteiger partial charge on any atom is 0.0365 e. The van der Waals surface area contributed by atoms with E-state index in [1.54, 1.807) is 0 Å². The first-order chi connectivity index (χ1) is 8.69. The highest BCUT2D eigenvalue weighted by molar-refractivity contribution is 5.55. The molecule has 0 aliphatic carbocycles. The van der Waals surface area contributed by atoms with Gasteiger partial charge in [0.25, 0.3) is 0 Å². The summed E-state index contributed by atoms with van der Waals surface area (Å²) >= 11 is 0. The molecule has 0 saturated carbocycles. The maximum absolute atomic E-state index is 2.33. The first kappa shape index (κ1) is 14.9. The molecule has 0 atom stereocenters. The van der Waals surface area contributed by atoms with Gasteiger partial charge in [0.15, 0.2) is 0 Å². The fourth-order valence-corrected chi connectivity index (χ4v) is 2.01. The number of unbranched alkanes of at least 4 members (excludes halogenated alkanes) is 2. The zero-order valence-electron chi connectivity index (χ0n) is 12.4. The van der Waals surface area contributed by atoms with Gasteiger partial charge in [-0.15, -0.1) is 0 Å². The molecule has 0 radical (unpaired) electrons. The van der Waals surface area contributed by atoms with Gasteiger partial charge in [-0.25, -0.2) is 0 Å². The van der Waals surface area contributed by atoms with Gasteiger partial charge >= 0.3 is 0 Å². The van der Waals surface area contributed by atoms with Crippen molar-refractivity contribution in [2.24, 2.45) is 0 Å². The molecule has 2 heteroatoms. The molecule has 0 unspecified atom stereocenters. The van der Waals surface area contributed by atoms with Gasteiger partial charge in [-0.3, -0.25) is 0 Å². The second-order valence-corrected chi connectivity index (χ2v) is 5.07. The highest BCUT2D eigenvalue weighted by Gasteiger charge is 2.03. The van der Waals surface area contributed by atoms with Crippen LogP contribution in [0.4, 0.5) is 11.4 Å². The topological polar surface area (TPSA) is 6.48 Å². The van der Waals surface area contributed by atoms with Gasteiger partial charge in [0.05, 0.1) is 0 Å².